The Bertz CT molecular complexity index is 1030. The fourth-order valence-electron chi connectivity index (χ4n) is 4.11. The number of nitrogens with two attached hydrogens (primary N) is 1. The van der Waals surface area contributed by atoms with Crippen molar-refractivity contribution in [1.29, 1.82) is 0 Å². The van der Waals surface area contributed by atoms with Crippen LogP contribution < -0.4 is 5.73 Å². The first kappa shape index (κ1) is 20.0. The van der Waals surface area contributed by atoms with E-state index < -0.39 is 11.2 Å². The average Bonchev–Trinajstić information content (AvgIpc) is 2.78. The van der Waals surface area contributed by atoms with Crippen molar-refractivity contribution in [2.24, 2.45) is 5.73 Å². The fourth-order valence-corrected chi connectivity index (χ4v) is 4.68. The molecule has 0 aliphatic carbocycles. The van der Waals surface area contributed by atoms with Crippen molar-refractivity contribution in [3.63, 3.8) is 0 Å². The van der Waals surface area contributed by atoms with Crippen LogP contribution in [0.4, 0.5) is 0 Å². The van der Waals surface area contributed by atoms with Gasteiger partial charge in [0.1, 0.15) is 6.26 Å². The first-order valence-electron chi connectivity index (χ1n) is 10.0. The predicted octanol–water partition coefficient (Wildman–Crippen LogP) is 4.40. The van der Waals surface area contributed by atoms with Crippen molar-refractivity contribution in [2.45, 2.75) is 30.2 Å². The molecule has 0 radical (unpaired) electrons. The minimum atomic E-state index is -0.785. The van der Waals surface area contributed by atoms with E-state index >= 15 is 0 Å². The lowest BCUT2D eigenvalue weighted by atomic mass is 9.88. The van der Waals surface area contributed by atoms with Crippen LogP contribution in [0.1, 0.15) is 40.2 Å². The Balaban J connectivity index is 1.47. The lowest BCUT2D eigenvalue weighted by molar-refractivity contribution is 0.0713. The standard InChI is InChI=1S/C24H27N2O2S/c1-29(28)23-8-7-18-5-6-21(14-22(18)15-23)24(27)26-11-9-19(10-12-26)20-4-2-3-17(13-20)16-25/h2-8,13-15,19,28H,9-12,16,25H2,1H3/q+1. The summed E-state index contributed by atoms with van der Waals surface area (Å²) in [5, 5.41) is 2.07. The summed E-state index contributed by atoms with van der Waals surface area (Å²) in [6.45, 7) is 2.09. The lowest BCUT2D eigenvalue weighted by Crippen LogP contribution is -2.37. The molecular formula is C24H27N2O2S+. The minimum absolute atomic E-state index is 0.0888. The normalized spacial score (nSPS) is 16.2. The van der Waals surface area contributed by atoms with Gasteiger partial charge in [0.15, 0.2) is 16.1 Å². The number of piperidine rings is 1. The molecule has 1 aliphatic heterocycles. The molecule has 3 aromatic rings. The zero-order valence-electron chi connectivity index (χ0n) is 16.7. The third-order valence-electron chi connectivity index (χ3n) is 5.84. The topological polar surface area (TPSA) is 66.6 Å². The van der Waals surface area contributed by atoms with Gasteiger partial charge >= 0.3 is 0 Å². The molecule has 0 bridgehead atoms. The number of rotatable bonds is 4. The maximum atomic E-state index is 13.1. The smallest absolute Gasteiger partial charge is 0.253 e. The lowest BCUT2D eigenvalue weighted by Gasteiger charge is -2.32. The second-order valence-corrected chi connectivity index (χ2v) is 9.14. The maximum Gasteiger partial charge on any atom is 0.253 e. The Labute approximate surface area is 174 Å². The van der Waals surface area contributed by atoms with Crippen molar-refractivity contribution in [3.05, 3.63) is 77.4 Å². The quantitative estimate of drug-likeness (QED) is 0.630. The Hall–Kier alpha value is -2.34. The molecule has 1 amide bonds. The first-order valence-corrected chi connectivity index (χ1v) is 11.6. The summed E-state index contributed by atoms with van der Waals surface area (Å²) >= 11 is -0.785. The summed E-state index contributed by atoms with van der Waals surface area (Å²) < 4.78 is 9.86. The zero-order chi connectivity index (χ0) is 20.4. The molecule has 0 aromatic heterocycles. The van der Waals surface area contributed by atoms with Gasteiger partial charge in [-0.05, 0) is 64.9 Å². The number of likely N-dealkylation sites (tertiary alicyclic amines) is 1. The van der Waals surface area contributed by atoms with E-state index in [1.807, 2.05) is 41.3 Å². The number of carbonyl (C=O) groups excluding carboxylic acids is 1. The number of amides is 1. The van der Waals surface area contributed by atoms with Gasteiger partial charge in [0.2, 0.25) is 0 Å². The first-order chi connectivity index (χ1) is 14.0. The summed E-state index contributed by atoms with van der Waals surface area (Å²) in [6.07, 6.45) is 3.73. The molecule has 1 atom stereocenters. The van der Waals surface area contributed by atoms with Crippen LogP contribution in [0.5, 0.6) is 0 Å². The van der Waals surface area contributed by atoms with E-state index in [0.29, 0.717) is 18.0 Å². The monoisotopic (exact) mass is 407 g/mol. The molecule has 1 aliphatic rings. The van der Waals surface area contributed by atoms with Crippen molar-refractivity contribution in [1.82, 2.24) is 4.90 Å². The molecule has 150 valence electrons. The van der Waals surface area contributed by atoms with Gasteiger partial charge in [0, 0.05) is 31.3 Å². The summed E-state index contributed by atoms with van der Waals surface area (Å²) in [5.74, 6) is 0.572. The molecule has 0 saturated carbocycles. The second-order valence-electron chi connectivity index (χ2n) is 7.72. The van der Waals surface area contributed by atoms with Crippen LogP contribution >= 0.6 is 0 Å². The van der Waals surface area contributed by atoms with Crippen LogP contribution in [-0.4, -0.2) is 34.7 Å². The summed E-state index contributed by atoms with van der Waals surface area (Å²) in [5.41, 5.74) is 8.98. The van der Waals surface area contributed by atoms with Crippen molar-refractivity contribution >= 4 is 27.9 Å². The number of benzene rings is 3. The Kier molecular flexibility index (Phi) is 5.90. The number of fused-ring (bicyclic) bond motifs is 1. The molecule has 3 N–H and O–H groups in total. The number of carbonyl (C=O) groups is 1. The van der Waals surface area contributed by atoms with Gasteiger partial charge in [-0.2, -0.15) is 4.55 Å². The van der Waals surface area contributed by atoms with E-state index in [1.54, 1.807) is 6.26 Å². The van der Waals surface area contributed by atoms with Gasteiger partial charge in [-0.3, -0.25) is 4.79 Å². The molecule has 3 aromatic carbocycles. The largest absolute Gasteiger partial charge is 0.339 e. The van der Waals surface area contributed by atoms with Gasteiger partial charge in [-0.15, -0.1) is 0 Å². The van der Waals surface area contributed by atoms with Crippen LogP contribution in [0.15, 0.2) is 65.6 Å². The third-order valence-corrected chi connectivity index (χ3v) is 6.78. The molecule has 0 spiro atoms. The summed E-state index contributed by atoms with van der Waals surface area (Å²) in [7, 11) is 0. The predicted molar refractivity (Wildman–Crippen MR) is 120 cm³/mol. The summed E-state index contributed by atoms with van der Waals surface area (Å²) in [6, 6.07) is 20.3. The van der Waals surface area contributed by atoms with Crippen LogP contribution in [0, 0.1) is 0 Å². The van der Waals surface area contributed by atoms with Crippen LogP contribution in [0.25, 0.3) is 10.8 Å². The van der Waals surface area contributed by atoms with Crippen molar-refractivity contribution in [2.75, 3.05) is 19.3 Å². The van der Waals surface area contributed by atoms with Gasteiger partial charge in [-0.1, -0.05) is 30.3 Å². The van der Waals surface area contributed by atoms with E-state index in [2.05, 4.69) is 24.3 Å². The molecule has 1 saturated heterocycles. The zero-order valence-corrected chi connectivity index (χ0v) is 17.5. The van der Waals surface area contributed by atoms with Gasteiger partial charge in [-0.25, -0.2) is 0 Å². The SMILES string of the molecule is C[S+](O)c1ccc2ccc(C(=O)N3CCC(c4cccc(CN)c4)CC3)cc2c1. The molecule has 1 fully saturated rings. The highest BCUT2D eigenvalue weighted by Gasteiger charge is 2.25. The number of hydrogen-bond donors (Lipinski definition) is 2. The number of nitrogens with zero attached hydrogens (tertiary/aromatic N) is 1. The van der Waals surface area contributed by atoms with E-state index in [4.69, 9.17) is 5.73 Å². The molecule has 1 unspecified atom stereocenters. The van der Waals surface area contributed by atoms with Crippen molar-refractivity contribution < 1.29 is 9.35 Å². The highest BCUT2D eigenvalue weighted by molar-refractivity contribution is 7.90. The highest BCUT2D eigenvalue weighted by atomic mass is 32.2. The van der Waals surface area contributed by atoms with E-state index in [1.165, 1.54) is 5.56 Å². The van der Waals surface area contributed by atoms with E-state index in [9.17, 15) is 9.35 Å². The molecule has 5 heteroatoms. The fraction of sp³-hybridized carbons (Fsp3) is 0.292. The minimum Gasteiger partial charge on any atom is -0.339 e. The van der Waals surface area contributed by atoms with Crippen LogP contribution in [-0.2, 0) is 17.7 Å². The summed E-state index contributed by atoms with van der Waals surface area (Å²) in [4.78, 5) is 15.9. The van der Waals surface area contributed by atoms with E-state index in [-0.39, 0.29) is 5.91 Å². The highest BCUT2D eigenvalue weighted by Crippen LogP contribution is 2.29. The molecule has 4 rings (SSSR count). The average molecular weight is 408 g/mol. The molecule has 29 heavy (non-hydrogen) atoms. The van der Waals surface area contributed by atoms with Gasteiger partial charge in [0.25, 0.3) is 5.91 Å². The van der Waals surface area contributed by atoms with Gasteiger partial charge in [0.05, 0.1) is 0 Å². The Morgan fingerprint density at radius 3 is 2.55 bits per heavy atom. The Morgan fingerprint density at radius 2 is 1.83 bits per heavy atom. The van der Waals surface area contributed by atoms with Crippen molar-refractivity contribution in [3.8, 4) is 0 Å². The maximum absolute atomic E-state index is 13.1. The Morgan fingerprint density at radius 1 is 1.07 bits per heavy atom. The molecule has 4 nitrogen and oxygen atoms in total. The molecular weight excluding hydrogens is 380 g/mol. The molecule has 1 heterocycles. The van der Waals surface area contributed by atoms with Crippen LogP contribution in [0.2, 0.25) is 0 Å². The third kappa shape index (κ3) is 4.32. The van der Waals surface area contributed by atoms with Gasteiger partial charge < -0.3 is 10.6 Å². The van der Waals surface area contributed by atoms with E-state index in [0.717, 1.165) is 47.2 Å². The van der Waals surface area contributed by atoms with Crippen LogP contribution in [0.3, 0.4) is 0 Å². The number of hydrogen-bond acceptors (Lipinski definition) is 3. The second kappa shape index (κ2) is 8.57.